The molecule has 98 valence electrons. The molecular formula is C14H19NO2S. The van der Waals surface area contributed by atoms with Gasteiger partial charge in [-0.05, 0) is 30.5 Å². The summed E-state index contributed by atoms with van der Waals surface area (Å²) < 4.78 is 11.4. The molecular weight excluding hydrogens is 246 g/mol. The maximum atomic E-state index is 5.92. The number of methoxy groups -OCH3 is 1. The van der Waals surface area contributed by atoms with Gasteiger partial charge >= 0.3 is 0 Å². The van der Waals surface area contributed by atoms with E-state index in [9.17, 15) is 0 Å². The van der Waals surface area contributed by atoms with Crippen LogP contribution in [0.5, 0.6) is 11.5 Å². The Balaban J connectivity index is 1.82. The van der Waals surface area contributed by atoms with Crippen LogP contribution in [0.2, 0.25) is 0 Å². The Kier molecular flexibility index (Phi) is 3.16. The van der Waals surface area contributed by atoms with E-state index in [1.807, 2.05) is 17.8 Å². The summed E-state index contributed by atoms with van der Waals surface area (Å²) in [6.07, 6.45) is 2.72. The van der Waals surface area contributed by atoms with Gasteiger partial charge in [-0.1, -0.05) is 6.07 Å². The topological polar surface area (TPSA) is 44.5 Å². The number of nitrogens with two attached hydrogens (primary N) is 1. The Hall–Kier alpha value is -0.870. The van der Waals surface area contributed by atoms with Gasteiger partial charge in [-0.15, -0.1) is 0 Å². The minimum Gasteiger partial charge on any atom is -0.493 e. The smallest absolute Gasteiger partial charge is 0.161 e. The molecule has 0 spiro atoms. The zero-order valence-corrected chi connectivity index (χ0v) is 11.5. The third kappa shape index (κ3) is 2.08. The van der Waals surface area contributed by atoms with Gasteiger partial charge < -0.3 is 15.2 Å². The van der Waals surface area contributed by atoms with Crippen molar-refractivity contribution in [2.24, 2.45) is 5.73 Å². The molecule has 1 aliphatic carbocycles. The second kappa shape index (κ2) is 4.67. The van der Waals surface area contributed by atoms with Gasteiger partial charge in [0.05, 0.1) is 7.11 Å². The zero-order valence-electron chi connectivity index (χ0n) is 10.6. The Labute approximate surface area is 112 Å². The number of benzene rings is 1. The van der Waals surface area contributed by atoms with Gasteiger partial charge in [-0.3, -0.25) is 0 Å². The maximum Gasteiger partial charge on any atom is 0.161 e. The van der Waals surface area contributed by atoms with Gasteiger partial charge in [0.1, 0.15) is 6.10 Å². The largest absolute Gasteiger partial charge is 0.493 e. The first kappa shape index (κ1) is 12.2. The lowest BCUT2D eigenvalue weighted by atomic mass is 9.96. The van der Waals surface area contributed by atoms with Crippen molar-refractivity contribution in [1.29, 1.82) is 0 Å². The Morgan fingerprint density at radius 1 is 1.33 bits per heavy atom. The standard InChI is InChI=1S/C14H19NO2S/c1-16-13-6-10(14(9-15)4-5-14)2-3-12(13)17-11-7-18-8-11/h2-3,6,11H,4-5,7-9,15H2,1H3. The van der Waals surface area contributed by atoms with Crippen molar-refractivity contribution < 1.29 is 9.47 Å². The van der Waals surface area contributed by atoms with Crippen LogP contribution in [0.15, 0.2) is 18.2 Å². The van der Waals surface area contributed by atoms with Crippen LogP contribution in [0.1, 0.15) is 18.4 Å². The number of thioether (sulfide) groups is 1. The first-order valence-electron chi connectivity index (χ1n) is 6.40. The highest BCUT2D eigenvalue weighted by Crippen LogP contribution is 2.49. The Bertz CT molecular complexity index is 441. The monoisotopic (exact) mass is 265 g/mol. The summed E-state index contributed by atoms with van der Waals surface area (Å²) in [5, 5.41) is 0. The quantitative estimate of drug-likeness (QED) is 0.886. The van der Waals surface area contributed by atoms with Crippen LogP contribution in [0, 0.1) is 0 Å². The van der Waals surface area contributed by atoms with E-state index in [0.717, 1.165) is 29.5 Å². The Morgan fingerprint density at radius 3 is 2.61 bits per heavy atom. The van der Waals surface area contributed by atoms with E-state index in [4.69, 9.17) is 15.2 Å². The van der Waals surface area contributed by atoms with Gasteiger partial charge in [-0.25, -0.2) is 0 Å². The molecule has 1 saturated carbocycles. The lowest BCUT2D eigenvalue weighted by Gasteiger charge is -2.27. The first-order chi connectivity index (χ1) is 8.77. The van der Waals surface area contributed by atoms with Gasteiger partial charge in [0, 0.05) is 23.5 Å². The second-order valence-corrected chi connectivity index (χ2v) is 6.20. The lowest BCUT2D eigenvalue weighted by molar-refractivity contribution is 0.228. The van der Waals surface area contributed by atoms with Crippen LogP contribution in [0.25, 0.3) is 0 Å². The van der Waals surface area contributed by atoms with Crippen LogP contribution in [-0.2, 0) is 5.41 Å². The summed E-state index contributed by atoms with van der Waals surface area (Å²) in [5.74, 6) is 3.86. The van der Waals surface area contributed by atoms with Crippen LogP contribution >= 0.6 is 11.8 Å². The minimum absolute atomic E-state index is 0.206. The maximum absolute atomic E-state index is 5.92. The molecule has 1 heterocycles. The average Bonchev–Trinajstić information content (AvgIpc) is 3.15. The number of rotatable bonds is 5. The number of ether oxygens (including phenoxy) is 2. The van der Waals surface area contributed by atoms with E-state index < -0.39 is 0 Å². The fraction of sp³-hybridized carbons (Fsp3) is 0.571. The van der Waals surface area contributed by atoms with Gasteiger partial charge in [0.15, 0.2) is 11.5 Å². The van der Waals surface area contributed by atoms with Crippen LogP contribution < -0.4 is 15.2 Å². The van der Waals surface area contributed by atoms with Crippen LogP contribution in [0.4, 0.5) is 0 Å². The summed E-state index contributed by atoms with van der Waals surface area (Å²) in [7, 11) is 1.70. The van der Waals surface area contributed by atoms with Crippen molar-refractivity contribution in [2.75, 3.05) is 25.2 Å². The fourth-order valence-corrected chi connectivity index (χ4v) is 2.88. The molecule has 1 aromatic rings. The first-order valence-corrected chi connectivity index (χ1v) is 7.56. The Morgan fingerprint density at radius 2 is 2.11 bits per heavy atom. The third-order valence-corrected chi connectivity index (χ3v) is 5.14. The number of hydrogen-bond donors (Lipinski definition) is 1. The van der Waals surface area contributed by atoms with Crippen molar-refractivity contribution >= 4 is 11.8 Å². The molecule has 0 bridgehead atoms. The molecule has 0 radical (unpaired) electrons. The molecule has 1 aromatic carbocycles. The molecule has 0 amide bonds. The summed E-state index contributed by atoms with van der Waals surface area (Å²) in [4.78, 5) is 0. The predicted molar refractivity (Wildman–Crippen MR) is 74.7 cm³/mol. The SMILES string of the molecule is COc1cc(C2(CN)CC2)ccc1OC1CSC1. The molecule has 2 fully saturated rings. The van der Waals surface area contributed by atoms with Gasteiger partial charge in [-0.2, -0.15) is 11.8 Å². The molecule has 0 aromatic heterocycles. The molecule has 0 atom stereocenters. The molecule has 2 aliphatic rings. The molecule has 4 heteroatoms. The average molecular weight is 265 g/mol. The van der Waals surface area contributed by atoms with E-state index in [2.05, 4.69) is 12.1 Å². The summed E-state index contributed by atoms with van der Waals surface area (Å²) in [5.41, 5.74) is 7.36. The highest BCUT2D eigenvalue weighted by Gasteiger charge is 2.43. The third-order valence-electron chi connectivity index (χ3n) is 3.92. The molecule has 18 heavy (non-hydrogen) atoms. The zero-order chi connectivity index (χ0) is 12.6. The number of hydrogen-bond acceptors (Lipinski definition) is 4. The molecule has 1 saturated heterocycles. The van der Waals surface area contributed by atoms with Crippen molar-refractivity contribution in [3.8, 4) is 11.5 Å². The predicted octanol–water partition coefficient (Wildman–Crippen LogP) is 2.18. The minimum atomic E-state index is 0.206. The molecule has 2 N–H and O–H groups in total. The molecule has 1 aliphatic heterocycles. The molecule has 3 rings (SSSR count). The van der Waals surface area contributed by atoms with Crippen LogP contribution in [-0.4, -0.2) is 31.3 Å². The highest BCUT2D eigenvalue weighted by molar-refractivity contribution is 8.00. The van der Waals surface area contributed by atoms with Crippen molar-refractivity contribution in [1.82, 2.24) is 0 Å². The van der Waals surface area contributed by atoms with E-state index >= 15 is 0 Å². The van der Waals surface area contributed by atoms with Gasteiger partial charge in [0.25, 0.3) is 0 Å². The molecule has 0 unspecified atom stereocenters. The van der Waals surface area contributed by atoms with E-state index in [1.54, 1.807) is 7.11 Å². The second-order valence-electron chi connectivity index (χ2n) is 5.13. The van der Waals surface area contributed by atoms with Crippen molar-refractivity contribution in [2.45, 2.75) is 24.4 Å². The van der Waals surface area contributed by atoms with E-state index in [0.29, 0.717) is 6.10 Å². The summed E-state index contributed by atoms with van der Waals surface area (Å²) in [6, 6.07) is 6.28. The fourth-order valence-electron chi connectivity index (χ4n) is 2.32. The highest BCUT2D eigenvalue weighted by atomic mass is 32.2. The molecule has 3 nitrogen and oxygen atoms in total. The lowest BCUT2D eigenvalue weighted by Crippen LogP contribution is -2.31. The van der Waals surface area contributed by atoms with Gasteiger partial charge in [0.2, 0.25) is 0 Å². The normalized spacial score (nSPS) is 21.2. The van der Waals surface area contributed by atoms with E-state index in [-0.39, 0.29) is 5.41 Å². The van der Waals surface area contributed by atoms with Crippen molar-refractivity contribution in [3.63, 3.8) is 0 Å². The van der Waals surface area contributed by atoms with Crippen LogP contribution in [0.3, 0.4) is 0 Å². The van der Waals surface area contributed by atoms with E-state index in [1.165, 1.54) is 18.4 Å². The summed E-state index contributed by atoms with van der Waals surface area (Å²) in [6.45, 7) is 0.718. The summed E-state index contributed by atoms with van der Waals surface area (Å²) >= 11 is 1.92. The van der Waals surface area contributed by atoms with Crippen molar-refractivity contribution in [3.05, 3.63) is 23.8 Å².